The maximum Gasteiger partial charge on any atom is 0.246 e. The van der Waals surface area contributed by atoms with Crippen molar-refractivity contribution in [1.29, 1.82) is 0 Å². The molecule has 1 aliphatic rings. The SMILES string of the molecule is CCOc1ccc(NC(=O)C2CC2C)cc1S(=O)(=O)N(CC)CC. The van der Waals surface area contributed by atoms with Gasteiger partial charge in [-0.25, -0.2) is 8.42 Å². The number of hydrogen-bond acceptors (Lipinski definition) is 4. The van der Waals surface area contributed by atoms with Crippen molar-refractivity contribution in [2.45, 2.75) is 39.0 Å². The molecule has 1 saturated carbocycles. The van der Waals surface area contributed by atoms with Gasteiger partial charge in [-0.15, -0.1) is 0 Å². The summed E-state index contributed by atoms with van der Waals surface area (Å²) in [5, 5.41) is 2.81. The molecule has 2 rings (SSSR count). The predicted molar refractivity (Wildman–Crippen MR) is 93.6 cm³/mol. The number of rotatable bonds is 8. The maximum atomic E-state index is 12.9. The molecule has 0 spiro atoms. The molecule has 2 unspecified atom stereocenters. The molecule has 0 heterocycles. The van der Waals surface area contributed by atoms with Crippen LogP contribution in [0.1, 0.15) is 34.1 Å². The van der Waals surface area contributed by atoms with Gasteiger partial charge in [0.05, 0.1) is 6.61 Å². The number of nitrogens with one attached hydrogen (secondary N) is 1. The molecule has 24 heavy (non-hydrogen) atoms. The van der Waals surface area contributed by atoms with Crippen molar-refractivity contribution in [2.75, 3.05) is 25.0 Å². The zero-order chi connectivity index (χ0) is 17.9. The van der Waals surface area contributed by atoms with Crippen LogP contribution in [0.25, 0.3) is 0 Å². The number of anilines is 1. The van der Waals surface area contributed by atoms with Crippen LogP contribution < -0.4 is 10.1 Å². The molecule has 0 aliphatic heterocycles. The van der Waals surface area contributed by atoms with Crippen LogP contribution in [0.15, 0.2) is 23.1 Å². The molecule has 7 heteroatoms. The van der Waals surface area contributed by atoms with Crippen LogP contribution in [0.4, 0.5) is 5.69 Å². The fraction of sp³-hybridized carbons (Fsp3) is 0.588. The average molecular weight is 354 g/mol. The Balaban J connectivity index is 2.35. The molecule has 0 radical (unpaired) electrons. The van der Waals surface area contributed by atoms with Crippen LogP contribution in [0.3, 0.4) is 0 Å². The molecule has 0 aromatic heterocycles. The number of carbonyl (C=O) groups excluding carboxylic acids is 1. The van der Waals surface area contributed by atoms with E-state index in [9.17, 15) is 13.2 Å². The minimum atomic E-state index is -3.67. The van der Waals surface area contributed by atoms with Crippen molar-refractivity contribution < 1.29 is 17.9 Å². The summed E-state index contributed by atoms with van der Waals surface area (Å²) < 4.78 is 32.6. The summed E-state index contributed by atoms with van der Waals surface area (Å²) in [5.74, 6) is 0.672. The van der Waals surface area contributed by atoms with Gasteiger partial charge in [0, 0.05) is 24.7 Å². The molecule has 0 saturated heterocycles. The molecule has 1 aliphatic carbocycles. The topological polar surface area (TPSA) is 75.7 Å². The average Bonchev–Trinajstić information content (AvgIpc) is 3.27. The molecule has 2 atom stereocenters. The number of amides is 1. The highest BCUT2D eigenvalue weighted by atomic mass is 32.2. The first-order valence-corrected chi connectivity index (χ1v) is 9.86. The van der Waals surface area contributed by atoms with Crippen LogP contribution in [-0.2, 0) is 14.8 Å². The van der Waals surface area contributed by atoms with E-state index in [2.05, 4.69) is 5.32 Å². The number of nitrogens with zero attached hydrogens (tertiary/aromatic N) is 1. The van der Waals surface area contributed by atoms with Crippen molar-refractivity contribution in [3.63, 3.8) is 0 Å². The lowest BCUT2D eigenvalue weighted by Gasteiger charge is -2.21. The van der Waals surface area contributed by atoms with E-state index in [-0.39, 0.29) is 16.7 Å². The lowest BCUT2D eigenvalue weighted by atomic mass is 10.2. The molecule has 134 valence electrons. The highest BCUT2D eigenvalue weighted by Gasteiger charge is 2.39. The first-order chi connectivity index (χ1) is 11.3. The minimum Gasteiger partial charge on any atom is -0.492 e. The van der Waals surface area contributed by atoms with Crippen LogP contribution in [-0.4, -0.2) is 38.3 Å². The molecule has 1 aromatic rings. The van der Waals surface area contributed by atoms with Gasteiger partial charge in [0.25, 0.3) is 0 Å². The summed E-state index contributed by atoms with van der Waals surface area (Å²) in [6, 6.07) is 4.77. The van der Waals surface area contributed by atoms with E-state index in [1.165, 1.54) is 10.4 Å². The van der Waals surface area contributed by atoms with Gasteiger partial charge >= 0.3 is 0 Å². The number of carbonyl (C=O) groups is 1. The molecule has 1 aromatic carbocycles. The van der Waals surface area contributed by atoms with Gasteiger partial charge < -0.3 is 10.1 Å². The summed E-state index contributed by atoms with van der Waals surface area (Å²) in [5.41, 5.74) is 0.480. The number of ether oxygens (including phenoxy) is 1. The van der Waals surface area contributed by atoms with E-state index in [0.29, 0.717) is 37.1 Å². The highest BCUT2D eigenvalue weighted by Crippen LogP contribution is 2.39. The van der Waals surface area contributed by atoms with Crippen LogP contribution in [0.5, 0.6) is 5.75 Å². The van der Waals surface area contributed by atoms with Gasteiger partial charge in [-0.3, -0.25) is 4.79 Å². The third-order valence-electron chi connectivity index (χ3n) is 4.28. The number of sulfonamides is 1. The van der Waals surface area contributed by atoms with Crippen molar-refractivity contribution >= 4 is 21.6 Å². The highest BCUT2D eigenvalue weighted by molar-refractivity contribution is 7.89. The molecule has 1 amide bonds. The Morgan fingerprint density at radius 1 is 1.29 bits per heavy atom. The van der Waals surface area contributed by atoms with Crippen molar-refractivity contribution in [3.05, 3.63) is 18.2 Å². The van der Waals surface area contributed by atoms with E-state index in [1.54, 1.807) is 32.9 Å². The van der Waals surface area contributed by atoms with E-state index >= 15 is 0 Å². The zero-order valence-corrected chi connectivity index (χ0v) is 15.5. The summed E-state index contributed by atoms with van der Waals surface area (Å²) in [7, 11) is -3.67. The number of benzene rings is 1. The molecular weight excluding hydrogens is 328 g/mol. The summed E-state index contributed by atoms with van der Waals surface area (Å²) >= 11 is 0. The van der Waals surface area contributed by atoms with Gasteiger partial charge in [0.1, 0.15) is 10.6 Å². The third kappa shape index (κ3) is 3.89. The fourth-order valence-electron chi connectivity index (χ4n) is 2.69. The first kappa shape index (κ1) is 18.7. The van der Waals surface area contributed by atoms with Crippen LogP contribution in [0, 0.1) is 11.8 Å². The maximum absolute atomic E-state index is 12.9. The fourth-order valence-corrected chi connectivity index (χ4v) is 4.30. The van der Waals surface area contributed by atoms with E-state index in [1.807, 2.05) is 6.92 Å². The van der Waals surface area contributed by atoms with Gasteiger partial charge in [0.2, 0.25) is 15.9 Å². The predicted octanol–water partition coefficient (Wildman–Crippen LogP) is 2.71. The summed E-state index contributed by atoms with van der Waals surface area (Å²) in [6.07, 6.45) is 0.882. The summed E-state index contributed by atoms with van der Waals surface area (Å²) in [6.45, 7) is 8.53. The largest absolute Gasteiger partial charge is 0.492 e. The normalized spacial score (nSPS) is 20.0. The molecular formula is C17H26N2O4S. The molecule has 0 bridgehead atoms. The van der Waals surface area contributed by atoms with E-state index in [0.717, 1.165) is 6.42 Å². The van der Waals surface area contributed by atoms with E-state index in [4.69, 9.17) is 4.74 Å². The second-order valence-electron chi connectivity index (χ2n) is 5.99. The Morgan fingerprint density at radius 3 is 2.42 bits per heavy atom. The molecule has 6 nitrogen and oxygen atoms in total. The minimum absolute atomic E-state index is 0.0272. The monoisotopic (exact) mass is 354 g/mol. The van der Waals surface area contributed by atoms with Crippen LogP contribution >= 0.6 is 0 Å². The van der Waals surface area contributed by atoms with Crippen LogP contribution in [0.2, 0.25) is 0 Å². The zero-order valence-electron chi connectivity index (χ0n) is 14.7. The molecule has 1 fully saturated rings. The van der Waals surface area contributed by atoms with Crippen molar-refractivity contribution in [2.24, 2.45) is 11.8 Å². The van der Waals surface area contributed by atoms with Gasteiger partial charge in [0.15, 0.2) is 0 Å². The third-order valence-corrected chi connectivity index (χ3v) is 6.35. The lowest BCUT2D eigenvalue weighted by Crippen LogP contribution is -2.31. The summed E-state index contributed by atoms with van der Waals surface area (Å²) in [4.78, 5) is 12.2. The van der Waals surface area contributed by atoms with Gasteiger partial charge in [-0.05, 0) is 37.5 Å². The second kappa shape index (κ2) is 7.53. The van der Waals surface area contributed by atoms with Crippen molar-refractivity contribution in [3.8, 4) is 5.75 Å². The van der Waals surface area contributed by atoms with E-state index < -0.39 is 10.0 Å². The standard InChI is InChI=1S/C17H26N2O4S/c1-5-19(6-2)24(21,22)16-11-13(8-9-15(16)23-7-3)18-17(20)14-10-12(14)4/h8-9,11-12,14H,5-7,10H2,1-4H3,(H,18,20). The Bertz CT molecular complexity index is 699. The Labute approximate surface area is 144 Å². The smallest absolute Gasteiger partial charge is 0.246 e. The Kier molecular flexibility index (Phi) is 5.87. The Morgan fingerprint density at radius 2 is 1.92 bits per heavy atom. The quantitative estimate of drug-likeness (QED) is 0.779. The van der Waals surface area contributed by atoms with Gasteiger partial charge in [-0.1, -0.05) is 20.8 Å². The molecule has 1 N–H and O–H groups in total. The first-order valence-electron chi connectivity index (χ1n) is 8.42. The second-order valence-corrected chi connectivity index (χ2v) is 7.90. The number of hydrogen-bond donors (Lipinski definition) is 1. The Hall–Kier alpha value is -1.60. The lowest BCUT2D eigenvalue weighted by molar-refractivity contribution is -0.117. The van der Waals surface area contributed by atoms with Crippen molar-refractivity contribution in [1.82, 2.24) is 4.31 Å². The van der Waals surface area contributed by atoms with Gasteiger partial charge in [-0.2, -0.15) is 4.31 Å².